The van der Waals surface area contributed by atoms with Gasteiger partial charge in [0.1, 0.15) is 0 Å². The van der Waals surface area contributed by atoms with E-state index >= 15 is 0 Å². The number of hydrogen-bond acceptors (Lipinski definition) is 0. The van der Waals surface area contributed by atoms with Crippen LogP contribution in [0.15, 0.2) is 40.9 Å². The van der Waals surface area contributed by atoms with Crippen molar-refractivity contribution < 1.29 is 0 Å². The summed E-state index contributed by atoms with van der Waals surface area (Å²) in [5.41, 5.74) is 8.53. The van der Waals surface area contributed by atoms with Crippen LogP contribution < -0.4 is 0 Å². The number of halogens is 1. The zero-order valence-electron chi connectivity index (χ0n) is 15.6. The molecule has 0 nitrogen and oxygen atoms in total. The van der Waals surface area contributed by atoms with E-state index < -0.39 is 0 Å². The third kappa shape index (κ3) is 1.79. The number of aryl methyl sites for hydroxylation is 1. The Labute approximate surface area is 160 Å². The molecule has 2 saturated carbocycles. The highest BCUT2D eigenvalue weighted by molar-refractivity contribution is 9.10. The minimum atomic E-state index is 0.178. The Morgan fingerprint density at radius 1 is 0.760 bits per heavy atom. The van der Waals surface area contributed by atoms with E-state index in [1.54, 1.807) is 11.1 Å². The lowest BCUT2D eigenvalue weighted by Crippen LogP contribution is -2.59. The Bertz CT molecular complexity index is 794. The van der Waals surface area contributed by atoms with Crippen molar-refractivity contribution in [2.45, 2.75) is 64.7 Å². The van der Waals surface area contributed by atoms with Crippen LogP contribution >= 0.6 is 15.9 Å². The summed E-state index contributed by atoms with van der Waals surface area (Å²) in [6.07, 6.45) is 8.23. The van der Waals surface area contributed by atoms with Gasteiger partial charge in [-0.2, -0.15) is 0 Å². The van der Waals surface area contributed by atoms with Crippen molar-refractivity contribution in [2.75, 3.05) is 0 Å². The number of benzene rings is 2. The molecule has 2 fully saturated rings. The van der Waals surface area contributed by atoms with Gasteiger partial charge in [0.05, 0.1) is 0 Å². The third-order valence-corrected chi connectivity index (χ3v) is 8.47. The largest absolute Gasteiger partial charge is 0.0587 e. The van der Waals surface area contributed by atoms with Gasteiger partial charge in [0.25, 0.3) is 0 Å². The highest BCUT2D eigenvalue weighted by Gasteiger charge is 2.66. The third-order valence-electron chi connectivity index (χ3n) is 7.98. The molecule has 3 aliphatic carbocycles. The normalized spacial score (nSPS) is 35.5. The van der Waals surface area contributed by atoms with Gasteiger partial charge in [-0.05, 0) is 77.8 Å². The molecule has 2 bridgehead atoms. The zero-order valence-corrected chi connectivity index (χ0v) is 17.2. The van der Waals surface area contributed by atoms with Crippen LogP contribution in [-0.2, 0) is 5.41 Å². The molecule has 5 rings (SSSR count). The van der Waals surface area contributed by atoms with Gasteiger partial charge in [-0.1, -0.05) is 72.4 Å². The number of rotatable bonds is 0. The molecule has 130 valence electrons. The fourth-order valence-corrected chi connectivity index (χ4v) is 7.54. The SMILES string of the molecule is Cc1ccc2c(c1)C1(c3cc(Br)ccc3-2)C2(C)CCCC1(C)CCC2. The van der Waals surface area contributed by atoms with E-state index in [2.05, 4.69) is 73.1 Å². The molecule has 0 heterocycles. The second-order valence-corrected chi connectivity index (χ2v) is 10.2. The highest BCUT2D eigenvalue weighted by atomic mass is 79.9. The molecule has 0 aliphatic heterocycles. The van der Waals surface area contributed by atoms with Gasteiger partial charge >= 0.3 is 0 Å². The van der Waals surface area contributed by atoms with Crippen LogP contribution in [-0.4, -0.2) is 0 Å². The first-order chi connectivity index (χ1) is 11.9. The predicted molar refractivity (Wildman–Crippen MR) is 109 cm³/mol. The average Bonchev–Trinajstić information content (AvgIpc) is 2.82. The predicted octanol–water partition coefficient (Wildman–Crippen LogP) is 7.40. The molecule has 1 spiro atoms. The maximum atomic E-state index is 3.79. The molecule has 1 heteroatoms. The lowest BCUT2D eigenvalue weighted by Gasteiger charge is -2.65. The molecule has 0 saturated heterocycles. The Balaban J connectivity index is 1.95. The topological polar surface area (TPSA) is 0 Å². The van der Waals surface area contributed by atoms with Gasteiger partial charge in [-0.15, -0.1) is 0 Å². The lowest BCUT2D eigenvalue weighted by atomic mass is 9.38. The molecular weight excluding hydrogens is 368 g/mol. The van der Waals surface area contributed by atoms with Gasteiger partial charge in [0.15, 0.2) is 0 Å². The van der Waals surface area contributed by atoms with Crippen LogP contribution in [0.4, 0.5) is 0 Å². The maximum absolute atomic E-state index is 3.79. The highest BCUT2D eigenvalue weighted by Crippen LogP contribution is 2.74. The molecule has 0 N–H and O–H groups in total. The summed E-state index contributed by atoms with van der Waals surface area (Å²) >= 11 is 3.79. The van der Waals surface area contributed by atoms with Gasteiger partial charge in [-0.25, -0.2) is 0 Å². The second kappa shape index (κ2) is 5.00. The lowest BCUT2D eigenvalue weighted by molar-refractivity contribution is -0.0629. The average molecular weight is 395 g/mol. The van der Waals surface area contributed by atoms with Crippen LogP contribution in [0, 0.1) is 17.8 Å². The number of fused-ring (bicyclic) bond motifs is 3. The molecule has 0 radical (unpaired) electrons. The first-order valence-corrected chi connectivity index (χ1v) is 10.6. The van der Waals surface area contributed by atoms with Crippen LogP contribution in [0.5, 0.6) is 0 Å². The summed E-state index contributed by atoms with van der Waals surface area (Å²) in [6, 6.07) is 14.3. The van der Waals surface area contributed by atoms with Crippen LogP contribution in [0.1, 0.15) is 69.1 Å². The first kappa shape index (κ1) is 16.1. The van der Waals surface area contributed by atoms with E-state index in [-0.39, 0.29) is 5.41 Å². The molecule has 2 aromatic carbocycles. The fraction of sp³-hybridized carbons (Fsp3) is 0.500. The minimum absolute atomic E-state index is 0.178. The Morgan fingerprint density at radius 3 is 1.88 bits per heavy atom. The van der Waals surface area contributed by atoms with E-state index in [1.165, 1.54) is 59.7 Å². The molecule has 0 unspecified atom stereocenters. The first-order valence-electron chi connectivity index (χ1n) is 9.83. The standard InChI is InChI=1S/C24H27Br/c1-16-6-8-18-19-9-7-17(25)15-21(19)24(20(18)14-16)22(2)10-4-12-23(24,3)13-5-11-22/h6-9,14-15H,4-5,10-13H2,1-3H3. The molecule has 0 atom stereocenters. The summed E-state index contributed by atoms with van der Waals surface area (Å²) in [4.78, 5) is 0. The molecule has 0 aromatic heterocycles. The Morgan fingerprint density at radius 2 is 1.28 bits per heavy atom. The van der Waals surface area contributed by atoms with E-state index in [0.29, 0.717) is 10.8 Å². The fourth-order valence-electron chi connectivity index (χ4n) is 7.18. The molecular formula is C24H27Br. The van der Waals surface area contributed by atoms with Crippen molar-refractivity contribution in [3.8, 4) is 11.1 Å². The van der Waals surface area contributed by atoms with Gasteiger partial charge < -0.3 is 0 Å². The van der Waals surface area contributed by atoms with E-state index in [9.17, 15) is 0 Å². The van der Waals surface area contributed by atoms with E-state index in [4.69, 9.17) is 0 Å². The second-order valence-electron chi connectivity index (χ2n) is 9.32. The van der Waals surface area contributed by atoms with E-state index in [0.717, 1.165) is 0 Å². The molecule has 2 aromatic rings. The molecule has 3 aliphatic rings. The van der Waals surface area contributed by atoms with Crippen LogP contribution in [0.3, 0.4) is 0 Å². The summed E-state index contributed by atoms with van der Waals surface area (Å²) in [5, 5.41) is 0. The van der Waals surface area contributed by atoms with Crippen LogP contribution in [0.2, 0.25) is 0 Å². The molecule has 25 heavy (non-hydrogen) atoms. The van der Waals surface area contributed by atoms with E-state index in [1.807, 2.05) is 0 Å². The quantitative estimate of drug-likeness (QED) is 0.436. The summed E-state index contributed by atoms with van der Waals surface area (Å²) in [6.45, 7) is 7.47. The maximum Gasteiger partial charge on any atom is 0.0322 e. The van der Waals surface area contributed by atoms with Gasteiger partial charge in [0, 0.05) is 9.89 Å². The van der Waals surface area contributed by atoms with Crippen molar-refractivity contribution in [2.24, 2.45) is 10.8 Å². The Hall–Kier alpha value is -1.08. The van der Waals surface area contributed by atoms with Crippen molar-refractivity contribution >= 4 is 15.9 Å². The smallest absolute Gasteiger partial charge is 0.0322 e. The van der Waals surface area contributed by atoms with Crippen molar-refractivity contribution in [3.05, 3.63) is 57.6 Å². The summed E-state index contributed by atoms with van der Waals surface area (Å²) in [7, 11) is 0. The van der Waals surface area contributed by atoms with Gasteiger partial charge in [-0.3, -0.25) is 0 Å². The molecule has 0 amide bonds. The van der Waals surface area contributed by atoms with Crippen LogP contribution in [0.25, 0.3) is 11.1 Å². The van der Waals surface area contributed by atoms with Gasteiger partial charge in [0.2, 0.25) is 0 Å². The zero-order chi connectivity index (χ0) is 17.4. The van der Waals surface area contributed by atoms with Crippen molar-refractivity contribution in [3.63, 3.8) is 0 Å². The monoisotopic (exact) mass is 394 g/mol. The van der Waals surface area contributed by atoms with Crippen molar-refractivity contribution in [1.29, 1.82) is 0 Å². The number of hydrogen-bond donors (Lipinski definition) is 0. The minimum Gasteiger partial charge on any atom is -0.0587 e. The van der Waals surface area contributed by atoms with Crippen molar-refractivity contribution in [1.82, 2.24) is 0 Å². The summed E-state index contributed by atoms with van der Waals surface area (Å²) in [5.74, 6) is 0. The summed E-state index contributed by atoms with van der Waals surface area (Å²) < 4.78 is 1.23. The Kier molecular flexibility index (Phi) is 3.23.